The van der Waals surface area contributed by atoms with Crippen molar-refractivity contribution in [3.05, 3.63) is 36.2 Å². The lowest BCUT2D eigenvalue weighted by Gasteiger charge is -2.23. The molecule has 1 amide bonds. The zero-order valence-electron chi connectivity index (χ0n) is 12.6. The van der Waals surface area contributed by atoms with E-state index in [-0.39, 0.29) is 29.2 Å². The first-order valence-electron chi connectivity index (χ1n) is 7.57. The quantitative estimate of drug-likeness (QED) is 0.670. The van der Waals surface area contributed by atoms with E-state index in [2.05, 4.69) is 20.6 Å². The molecule has 1 unspecified atom stereocenters. The topological polar surface area (TPSA) is 113 Å². The fourth-order valence-corrected chi connectivity index (χ4v) is 2.60. The Kier molecular flexibility index (Phi) is 4.38. The first-order valence-corrected chi connectivity index (χ1v) is 7.57. The number of carbonyl (C=O) groups is 1. The number of aromatic hydroxyl groups is 1. The largest absolute Gasteiger partial charge is 0.508 e. The van der Waals surface area contributed by atoms with Crippen LogP contribution in [0.3, 0.4) is 0 Å². The van der Waals surface area contributed by atoms with Crippen molar-refractivity contribution in [1.29, 1.82) is 0 Å². The number of nitrogens with two attached hydrogens (primary N) is 1. The van der Waals surface area contributed by atoms with E-state index >= 15 is 0 Å². The van der Waals surface area contributed by atoms with Crippen LogP contribution < -0.4 is 16.4 Å². The zero-order valence-corrected chi connectivity index (χ0v) is 12.6. The monoisotopic (exact) mass is 313 g/mol. The molecule has 0 radical (unpaired) electrons. The van der Waals surface area contributed by atoms with Crippen LogP contribution in [0.25, 0.3) is 11.3 Å². The van der Waals surface area contributed by atoms with Crippen LogP contribution in [0.15, 0.2) is 30.5 Å². The van der Waals surface area contributed by atoms with Crippen LogP contribution in [0.4, 0.5) is 5.82 Å². The molecule has 0 bridgehead atoms. The lowest BCUT2D eigenvalue weighted by Crippen LogP contribution is -2.46. The molecular formula is C16H19N5O2. The lowest BCUT2D eigenvalue weighted by atomic mass is 10.1. The Hall–Kier alpha value is -2.67. The smallest absolute Gasteiger partial charge is 0.274 e. The van der Waals surface area contributed by atoms with Gasteiger partial charge in [0.1, 0.15) is 5.75 Å². The normalized spacial score (nSPS) is 17.7. The molecule has 7 nitrogen and oxygen atoms in total. The van der Waals surface area contributed by atoms with Gasteiger partial charge in [0.25, 0.3) is 5.91 Å². The fourth-order valence-electron chi connectivity index (χ4n) is 2.60. The number of rotatable bonds is 3. The van der Waals surface area contributed by atoms with Crippen LogP contribution in [-0.2, 0) is 0 Å². The van der Waals surface area contributed by atoms with Gasteiger partial charge in [0, 0.05) is 18.2 Å². The van der Waals surface area contributed by atoms with E-state index in [0.29, 0.717) is 11.3 Å². The highest BCUT2D eigenvalue weighted by Gasteiger charge is 2.20. The number of anilines is 1. The Morgan fingerprint density at radius 1 is 1.43 bits per heavy atom. The van der Waals surface area contributed by atoms with Gasteiger partial charge in [-0.3, -0.25) is 4.79 Å². The molecule has 1 aliphatic rings. The van der Waals surface area contributed by atoms with E-state index in [1.165, 1.54) is 6.20 Å². The van der Waals surface area contributed by atoms with Crippen molar-refractivity contribution >= 4 is 11.7 Å². The number of phenols is 1. The molecular weight excluding hydrogens is 294 g/mol. The van der Waals surface area contributed by atoms with Gasteiger partial charge in [-0.2, -0.15) is 0 Å². The van der Waals surface area contributed by atoms with Crippen LogP contribution in [0.5, 0.6) is 5.75 Å². The molecule has 5 N–H and O–H groups in total. The first kappa shape index (κ1) is 15.2. The van der Waals surface area contributed by atoms with Crippen molar-refractivity contribution in [1.82, 2.24) is 20.6 Å². The third-order valence-corrected chi connectivity index (χ3v) is 3.79. The highest BCUT2D eigenvalue weighted by molar-refractivity contribution is 5.97. The summed E-state index contributed by atoms with van der Waals surface area (Å²) in [6.07, 6.45) is 3.44. The number of carbonyl (C=O) groups excluding carboxylic acids is 1. The molecule has 7 heteroatoms. The van der Waals surface area contributed by atoms with E-state index < -0.39 is 0 Å². The third kappa shape index (κ3) is 3.57. The second-order valence-corrected chi connectivity index (χ2v) is 5.56. The van der Waals surface area contributed by atoms with Crippen molar-refractivity contribution < 1.29 is 9.90 Å². The van der Waals surface area contributed by atoms with Crippen LogP contribution in [0.2, 0.25) is 0 Å². The van der Waals surface area contributed by atoms with Gasteiger partial charge in [0.05, 0.1) is 11.9 Å². The zero-order chi connectivity index (χ0) is 16.2. The summed E-state index contributed by atoms with van der Waals surface area (Å²) < 4.78 is 0. The summed E-state index contributed by atoms with van der Waals surface area (Å²) in [7, 11) is 0. The average molecular weight is 313 g/mol. The standard InChI is InChI=1S/C16H19N5O2/c17-15-14(16(23)20-11-4-2-6-18-8-11)21-13(9-19-15)10-3-1-5-12(22)7-10/h1,3,5,7,9,11,18,22H,2,4,6,8H2,(H2,17,19)(H,20,23). The van der Waals surface area contributed by atoms with Gasteiger partial charge in [-0.25, -0.2) is 9.97 Å². The van der Waals surface area contributed by atoms with E-state index in [1.807, 2.05) is 0 Å². The van der Waals surface area contributed by atoms with Crippen LogP contribution in [0.1, 0.15) is 23.3 Å². The molecule has 1 atom stereocenters. The molecule has 1 aromatic carbocycles. The highest BCUT2D eigenvalue weighted by atomic mass is 16.3. The summed E-state index contributed by atoms with van der Waals surface area (Å²) in [5.41, 5.74) is 7.07. The summed E-state index contributed by atoms with van der Waals surface area (Å²) in [5.74, 6) is -0.110. The SMILES string of the molecule is Nc1ncc(-c2cccc(O)c2)nc1C(=O)NC1CCCNC1. The highest BCUT2D eigenvalue weighted by Crippen LogP contribution is 2.22. The number of hydrogen-bond acceptors (Lipinski definition) is 6. The Bertz CT molecular complexity index is 713. The molecule has 0 aliphatic carbocycles. The summed E-state index contributed by atoms with van der Waals surface area (Å²) in [6.45, 7) is 1.71. The van der Waals surface area contributed by atoms with Crippen molar-refractivity contribution in [2.75, 3.05) is 18.8 Å². The predicted molar refractivity (Wildman–Crippen MR) is 86.9 cm³/mol. The van der Waals surface area contributed by atoms with E-state index in [1.54, 1.807) is 24.3 Å². The maximum absolute atomic E-state index is 12.4. The van der Waals surface area contributed by atoms with Crippen molar-refractivity contribution in [2.45, 2.75) is 18.9 Å². The Labute approximate surface area is 134 Å². The summed E-state index contributed by atoms with van der Waals surface area (Å²) in [6, 6.07) is 6.69. The number of piperidine rings is 1. The Balaban J connectivity index is 1.83. The molecule has 2 aromatic rings. The minimum Gasteiger partial charge on any atom is -0.508 e. The molecule has 1 fully saturated rings. The van der Waals surface area contributed by atoms with Crippen molar-refractivity contribution in [2.24, 2.45) is 0 Å². The van der Waals surface area contributed by atoms with Gasteiger partial charge >= 0.3 is 0 Å². The van der Waals surface area contributed by atoms with E-state index in [9.17, 15) is 9.90 Å². The van der Waals surface area contributed by atoms with Crippen LogP contribution in [0, 0.1) is 0 Å². The minimum atomic E-state index is -0.328. The molecule has 120 valence electrons. The first-order chi connectivity index (χ1) is 11.1. The number of hydrogen-bond donors (Lipinski definition) is 4. The maximum Gasteiger partial charge on any atom is 0.274 e. The molecule has 23 heavy (non-hydrogen) atoms. The van der Waals surface area contributed by atoms with Gasteiger partial charge in [-0.1, -0.05) is 12.1 Å². The molecule has 1 aromatic heterocycles. The molecule has 2 heterocycles. The Morgan fingerprint density at radius 2 is 2.30 bits per heavy atom. The number of nitrogens with one attached hydrogen (secondary N) is 2. The molecule has 0 saturated carbocycles. The van der Waals surface area contributed by atoms with Crippen LogP contribution in [-0.4, -0.2) is 40.1 Å². The molecule has 3 rings (SSSR count). The summed E-state index contributed by atoms with van der Waals surface area (Å²) >= 11 is 0. The second-order valence-electron chi connectivity index (χ2n) is 5.56. The molecule has 1 saturated heterocycles. The predicted octanol–water partition coefficient (Wildman–Crippen LogP) is 0.913. The van der Waals surface area contributed by atoms with Gasteiger partial charge in [0.15, 0.2) is 11.5 Å². The van der Waals surface area contributed by atoms with Gasteiger partial charge in [-0.05, 0) is 31.5 Å². The van der Waals surface area contributed by atoms with Gasteiger partial charge < -0.3 is 21.5 Å². The number of amides is 1. The van der Waals surface area contributed by atoms with Crippen LogP contribution >= 0.6 is 0 Å². The number of nitrogens with zero attached hydrogens (tertiary/aromatic N) is 2. The summed E-state index contributed by atoms with van der Waals surface area (Å²) in [4.78, 5) is 20.8. The number of nitrogen functional groups attached to an aromatic ring is 1. The average Bonchev–Trinajstić information content (AvgIpc) is 2.56. The summed E-state index contributed by atoms with van der Waals surface area (Å²) in [5, 5.41) is 15.7. The van der Waals surface area contributed by atoms with E-state index in [0.717, 1.165) is 25.9 Å². The van der Waals surface area contributed by atoms with E-state index in [4.69, 9.17) is 5.73 Å². The third-order valence-electron chi connectivity index (χ3n) is 3.79. The van der Waals surface area contributed by atoms with Gasteiger partial charge in [0.2, 0.25) is 0 Å². The molecule has 1 aliphatic heterocycles. The minimum absolute atomic E-state index is 0.0712. The number of phenolic OH excluding ortho intramolecular Hbond substituents is 1. The van der Waals surface area contributed by atoms with Gasteiger partial charge in [-0.15, -0.1) is 0 Å². The maximum atomic E-state index is 12.4. The molecule has 0 spiro atoms. The van der Waals surface area contributed by atoms with Crippen molar-refractivity contribution in [3.8, 4) is 17.0 Å². The van der Waals surface area contributed by atoms with Crippen molar-refractivity contribution in [3.63, 3.8) is 0 Å². The number of benzene rings is 1. The Morgan fingerprint density at radius 3 is 3.04 bits per heavy atom. The second kappa shape index (κ2) is 6.62. The number of aromatic nitrogens is 2. The fraction of sp³-hybridized carbons (Fsp3) is 0.312. The lowest BCUT2D eigenvalue weighted by molar-refractivity contribution is 0.0926.